The number of anilines is 1. The van der Waals surface area contributed by atoms with Gasteiger partial charge in [-0.1, -0.05) is 0 Å². The van der Waals surface area contributed by atoms with Crippen LogP contribution in [0.5, 0.6) is 0 Å². The number of hydrogen-bond donors (Lipinski definition) is 6. The molecule has 2 aromatic rings. The van der Waals surface area contributed by atoms with E-state index < -0.39 is 60.8 Å². The number of aromatic nitrogens is 4. The molecular weight excluding hydrogens is 571 g/mol. The molecule has 0 aliphatic carbocycles. The first-order valence-electron chi connectivity index (χ1n) is 7.70. The Bertz CT molecular complexity index is 1010. The van der Waals surface area contributed by atoms with Crippen LogP contribution in [0.4, 0.5) is 5.82 Å². The minimum absolute atomic E-state index is 0.00410. The second-order valence-electron chi connectivity index (χ2n) is 5.80. The number of hydrogen-bond acceptors (Lipinski definition) is 13. The van der Waals surface area contributed by atoms with Crippen LogP contribution in [0, 0.1) is 0 Å². The Morgan fingerprint density at radius 3 is 2.67 bits per heavy atom. The van der Waals surface area contributed by atoms with Crippen LogP contribution in [0.25, 0.3) is 11.2 Å². The summed E-state index contributed by atoms with van der Waals surface area (Å²) in [7, 11) is -10.8. The Morgan fingerprint density at radius 2 is 2.00 bits per heavy atom. The van der Waals surface area contributed by atoms with Gasteiger partial charge in [-0.25, -0.2) is 0 Å². The number of imidazole rings is 1. The first-order chi connectivity index (χ1) is 13.8. The van der Waals surface area contributed by atoms with Crippen LogP contribution in [0.15, 0.2) is 12.7 Å². The molecule has 20 heteroatoms. The Kier molecular flexibility index (Phi) is 6.81. The molecule has 0 aromatic carbocycles. The van der Waals surface area contributed by atoms with E-state index in [0.29, 0.717) is 11.2 Å². The van der Waals surface area contributed by atoms with E-state index in [1.165, 1.54) is 17.2 Å². The third-order valence-electron chi connectivity index (χ3n) is 3.65. The molecule has 2 aromatic heterocycles. The average Bonchev–Trinajstić information content (AvgIpc) is 3.14. The molecule has 3 rings (SSSR count). The molecule has 0 saturated carbocycles. The van der Waals surface area contributed by atoms with Crippen LogP contribution in [0.1, 0.15) is 12.6 Å². The third-order valence-corrected chi connectivity index (χ3v) is 10.9. The van der Waals surface area contributed by atoms with Crippen molar-refractivity contribution in [2.75, 3.05) is 12.3 Å². The molecule has 30 heavy (non-hydrogen) atoms. The van der Waals surface area contributed by atoms with Crippen molar-refractivity contribution < 1.29 is 70.8 Å². The third kappa shape index (κ3) is 5.88. The van der Waals surface area contributed by atoms with Gasteiger partial charge in [0.1, 0.15) is 0 Å². The first kappa shape index (κ1) is 23.8. The number of phosphoric acid groups is 2. The van der Waals surface area contributed by atoms with Crippen molar-refractivity contribution in [3.8, 4) is 0 Å². The van der Waals surface area contributed by atoms with Gasteiger partial charge in [-0.2, -0.15) is 0 Å². The number of nitrogens with two attached hydrogens (primary N) is 1. The molecule has 3 heterocycles. The van der Waals surface area contributed by atoms with Crippen LogP contribution >= 0.6 is 15.6 Å². The van der Waals surface area contributed by atoms with Crippen LogP contribution in [0.3, 0.4) is 0 Å². The summed E-state index contributed by atoms with van der Waals surface area (Å²) in [5, 5.41) is 10.1. The zero-order valence-electron chi connectivity index (χ0n) is 14.5. The molecular formula is C10H16IN5O12P2. The Hall–Kier alpha value is -0.860. The average molecular weight is 587 g/mol. The molecule has 1 aliphatic rings. The van der Waals surface area contributed by atoms with Crippen molar-refractivity contribution >= 4 is 32.6 Å². The molecule has 17 nitrogen and oxygen atoms in total. The van der Waals surface area contributed by atoms with E-state index >= 15 is 0 Å². The predicted molar refractivity (Wildman–Crippen MR) is 86.5 cm³/mol. The van der Waals surface area contributed by atoms with Crippen molar-refractivity contribution in [1.29, 1.82) is 0 Å². The van der Waals surface area contributed by atoms with Gasteiger partial charge in [-0.15, -0.1) is 0 Å². The van der Waals surface area contributed by atoms with E-state index in [1.807, 2.05) is 0 Å². The molecule has 0 bridgehead atoms. The minimum atomic E-state index is -6.42. The number of rotatable bonds is 8. The summed E-state index contributed by atoms with van der Waals surface area (Å²) in [6.45, 7) is -0.776. The maximum atomic E-state index is 11.8. The summed E-state index contributed by atoms with van der Waals surface area (Å²) >= 11 is -6.42. The van der Waals surface area contributed by atoms with Gasteiger partial charge in [-0.05, 0) is 0 Å². The quantitative estimate of drug-likeness (QED) is 0.124. The molecule has 1 aliphatic heterocycles. The molecule has 0 radical (unpaired) electrons. The first-order valence-corrected chi connectivity index (χ1v) is 14.3. The summed E-state index contributed by atoms with van der Waals surface area (Å²) in [5.74, 6) is 0.128. The van der Waals surface area contributed by atoms with E-state index in [9.17, 15) is 26.0 Å². The van der Waals surface area contributed by atoms with Gasteiger partial charge < -0.3 is 0 Å². The SMILES string of the molecule is Nc1ncnc2c1ncn2C1CC(O)C(COP(=O)(O)O[I+]([O-])(O)OP(=O)(O)O)O1. The van der Waals surface area contributed by atoms with Gasteiger partial charge in [0.2, 0.25) is 0 Å². The second-order valence-corrected chi connectivity index (χ2v) is 12.9. The number of nitrogen functional groups attached to an aromatic ring is 1. The van der Waals surface area contributed by atoms with Gasteiger partial charge in [-0.3, -0.25) is 0 Å². The normalized spacial score (nSPS) is 27.6. The molecule has 170 valence electrons. The summed E-state index contributed by atoms with van der Waals surface area (Å²) < 4.78 is 61.8. The fourth-order valence-corrected chi connectivity index (χ4v) is 8.29. The fraction of sp³-hybridized carbons (Fsp3) is 0.500. The summed E-state index contributed by atoms with van der Waals surface area (Å²) in [4.78, 5) is 38.4. The summed E-state index contributed by atoms with van der Waals surface area (Å²) in [6.07, 6.45) is -0.617. The molecule has 7 N–H and O–H groups in total. The standard InChI is InChI=1S/C10H16IN5O12P2/c12-9-8-10(14-3-13-9)16(4-15-8)7-1-5(17)6(26-7)2-25-30(23,24)28-11(18,19)27-29(20,21)22/h3-7,17-18H,1-2H2,(H,23,24)(H2,12,13,14)(H2,20,21,22). The van der Waals surface area contributed by atoms with Crippen LogP contribution in [-0.4, -0.2) is 61.6 Å². The van der Waals surface area contributed by atoms with Gasteiger partial charge in [0.15, 0.2) is 0 Å². The Balaban J connectivity index is 1.63. The second kappa shape index (κ2) is 8.58. The topological polar surface area (TPSA) is 265 Å². The summed E-state index contributed by atoms with van der Waals surface area (Å²) in [5.41, 5.74) is 6.31. The maximum absolute atomic E-state index is 11.8. The van der Waals surface area contributed by atoms with Crippen molar-refractivity contribution in [3.05, 3.63) is 12.7 Å². The number of nitrogens with zero attached hydrogens (tertiary/aromatic N) is 4. The molecule has 0 amide bonds. The molecule has 5 unspecified atom stereocenters. The van der Waals surface area contributed by atoms with Crippen molar-refractivity contribution in [3.63, 3.8) is 0 Å². The molecule has 5 atom stereocenters. The number of fused-ring (bicyclic) bond motifs is 1. The van der Waals surface area contributed by atoms with Crippen molar-refractivity contribution in [2.45, 2.75) is 24.9 Å². The fourth-order valence-electron chi connectivity index (χ4n) is 2.54. The number of phosphoric ester groups is 1. The van der Waals surface area contributed by atoms with E-state index in [2.05, 4.69) is 25.2 Å². The van der Waals surface area contributed by atoms with E-state index in [-0.39, 0.29) is 12.2 Å². The zero-order chi connectivity index (χ0) is 22.3. The van der Waals surface area contributed by atoms with Crippen molar-refractivity contribution in [2.24, 2.45) is 0 Å². The summed E-state index contributed by atoms with van der Waals surface area (Å²) in [6, 6.07) is 0. The molecule has 1 saturated heterocycles. The Labute approximate surface area is 173 Å². The van der Waals surface area contributed by atoms with Gasteiger partial charge in [0.25, 0.3) is 0 Å². The van der Waals surface area contributed by atoms with Gasteiger partial charge in [0, 0.05) is 0 Å². The van der Waals surface area contributed by atoms with Crippen LogP contribution in [-0.2, 0) is 24.1 Å². The van der Waals surface area contributed by atoms with E-state index in [0.717, 1.165) is 0 Å². The number of aliphatic hydroxyl groups excluding tert-OH is 1. The van der Waals surface area contributed by atoms with Gasteiger partial charge >= 0.3 is 173 Å². The molecule has 1 fully saturated rings. The van der Waals surface area contributed by atoms with Gasteiger partial charge in [0.05, 0.1) is 0 Å². The monoisotopic (exact) mass is 587 g/mol. The number of halogens is 1. The zero-order valence-corrected chi connectivity index (χ0v) is 18.5. The van der Waals surface area contributed by atoms with E-state index in [1.54, 1.807) is 0 Å². The van der Waals surface area contributed by atoms with Crippen LogP contribution < -0.4 is 29.3 Å². The number of ether oxygens (including phenoxy) is 1. The predicted octanol–water partition coefficient (Wildman–Crippen LogP) is -5.53. The van der Waals surface area contributed by atoms with Crippen molar-refractivity contribution in [1.82, 2.24) is 19.5 Å². The van der Waals surface area contributed by atoms with Crippen LogP contribution in [0.2, 0.25) is 0 Å². The number of aliphatic hydroxyl groups is 1. The molecule has 0 spiro atoms. The Morgan fingerprint density at radius 1 is 1.30 bits per heavy atom. The van der Waals surface area contributed by atoms with E-state index in [4.69, 9.17) is 20.3 Å².